The van der Waals surface area contributed by atoms with Crippen LogP contribution in [0.5, 0.6) is 0 Å². The van der Waals surface area contributed by atoms with Crippen molar-refractivity contribution in [1.29, 1.82) is 11.8 Å². The summed E-state index contributed by atoms with van der Waals surface area (Å²) in [5.74, 6) is -1.87. The van der Waals surface area contributed by atoms with Crippen molar-refractivity contribution in [3.63, 3.8) is 0 Å². The monoisotopic (exact) mass is 2160 g/mol. The fourth-order valence-electron chi connectivity index (χ4n) is 17.7. The van der Waals surface area contributed by atoms with E-state index in [4.69, 9.17) is 14.4 Å². The molecule has 16 rings (SSSR count). The maximum atomic E-state index is 14.7. The first kappa shape index (κ1) is 91.5. The summed E-state index contributed by atoms with van der Waals surface area (Å²) in [6.45, 7) is 35.5. The number of nitrogens with zero attached hydrogens (tertiary/aromatic N) is 4. The van der Waals surface area contributed by atoms with Gasteiger partial charge in [0.15, 0.2) is 23.2 Å². The Morgan fingerprint density at radius 3 is 1.07 bits per heavy atom. The SMILES string of the molecule is CC.Cc1sc(C)c(F)c1F.[3H]P([CH2-])(F)(I)I.[C-]#[N+]C([N+]#[C-])=C1/C(=C\c2cc3sc4c(c3s2)C(c2ccc(CCCCCC)cc2)(c2ccc(CCCCCC)cc2)c2cc3c(cc2-4)C(c2ccc(CCCCCC)cc2)(c2ccc(CCCCCC)cc2)c2c-3sc3cc(/C=C4/C(=O)c5ccccc5C4=C(C#N)C#N)sc23)C(=O)c2ccccc21.[Th]. The van der Waals surface area contributed by atoms with E-state index in [-0.39, 0.29) is 62.9 Å². The van der Waals surface area contributed by atoms with Gasteiger partial charge in [0, 0.05) is 118 Å². The minimum atomic E-state index is -3.61. The van der Waals surface area contributed by atoms with Gasteiger partial charge in [-0.3, -0.25) is 9.59 Å². The molecule has 0 bridgehead atoms. The van der Waals surface area contributed by atoms with Crippen LogP contribution in [0.2, 0.25) is 0 Å². The molecular weight excluding hydrogens is 2060 g/mol. The molecule has 4 aliphatic carbocycles. The average molecular weight is 2160 g/mol. The fourth-order valence-corrected chi connectivity index (χ4v) is 24.0. The number of Topliss-reactive ketones (excluding diaryl/α,β-unsaturated/α-hetero) is 2. The molecule has 18 heteroatoms. The van der Waals surface area contributed by atoms with E-state index in [0.717, 1.165) is 91.3 Å². The predicted molar refractivity (Wildman–Crippen MR) is 523 cm³/mol. The summed E-state index contributed by atoms with van der Waals surface area (Å²) in [7, 11) is 0. The number of nitriles is 2. The minimum absolute atomic E-state index is 0. The third kappa shape index (κ3) is 18.9. The summed E-state index contributed by atoms with van der Waals surface area (Å²) in [4.78, 5) is 41.8. The summed E-state index contributed by atoms with van der Waals surface area (Å²) < 4.78 is 44.3. The third-order valence-corrected chi connectivity index (χ3v) is 29.1. The van der Waals surface area contributed by atoms with E-state index < -0.39 is 25.3 Å². The van der Waals surface area contributed by atoms with Gasteiger partial charge in [-0.05, 0) is 180 Å². The topological polar surface area (TPSA) is 90.4 Å². The first-order valence-corrected chi connectivity index (χ1v) is 53.4. The van der Waals surface area contributed by atoms with Gasteiger partial charge in [-0.1, -0.05) is 264 Å². The van der Waals surface area contributed by atoms with Crippen LogP contribution in [0.15, 0.2) is 192 Å². The van der Waals surface area contributed by atoms with Crippen molar-refractivity contribution in [2.75, 3.05) is 0 Å². The fraction of sp³-hybridized carbons (Fsp3) is 0.291. The first-order valence-electron chi connectivity index (χ1n) is 42.3. The molecule has 616 valence electrons. The summed E-state index contributed by atoms with van der Waals surface area (Å²) in [6.07, 6.45) is 26.8. The molecule has 4 aliphatic rings. The minimum Gasteiger partial charge on any atom is -0.289 e. The van der Waals surface area contributed by atoms with Crippen LogP contribution in [0.1, 0.15) is 262 Å². The van der Waals surface area contributed by atoms with Gasteiger partial charge in [-0.25, -0.2) is 8.78 Å². The Bertz CT molecular complexity index is 5720. The standard InChI is InChI=1S/C94H82N4O2S4.C6H6F2S.C2H6.CH3FI2P.Th/c1-7-11-15-19-27-59-35-43-64(44-36-59)93(65-45-37-60(38-46-65)28-20-16-12-8-2)78-56-75-79(55-74(78)88-84(93)90-80(103-88)53-68(101-90)51-76-82(63(57-95)58-96)70-31-23-25-33-72(70)86(76)99)94(66-47-39-61(40-48-66)29-21-17-13-9-3,67-49-41-62(42-50-67)30-22-18-14-10-4)85-89(75)104-81-54-69(102-91(81)85)52-77-83(92(97-5)98-6)71-32-24-26-34-73(71)87(77)100;1-3-5(7)6(8)4(2)9-3;1-2;1-5(2,3)4;/h23-26,31-56H,7-22,27-30H2,1-4H3;1-2H3;1-2H3;5H,1H2;/q;;;-1;/b76-51+,77-52+;;;;/i;;;5T;. The zero-order chi connectivity index (χ0) is 86.1. The molecule has 0 fully saturated rings. The number of hydrogen-bond acceptors (Lipinski definition) is 9. The molecular formula is C103H97F3I2N4O2PS5Th-. The average Bonchev–Trinajstić information content (AvgIpc) is 1.49. The molecule has 0 N–H and O–H groups in total. The van der Waals surface area contributed by atoms with Crippen LogP contribution in [0.25, 0.3) is 72.7 Å². The smallest absolute Gasteiger partial charge is 0.289 e. The third-order valence-electron chi connectivity index (χ3n) is 23.3. The number of carbonyl (C=O) groups is 2. The molecule has 0 unspecified atom stereocenters. The quantitative estimate of drug-likeness (QED) is 0.0135. The Kier molecular flexibility index (Phi) is 31.6. The normalized spacial score (nSPS) is 14.6. The van der Waals surface area contributed by atoms with Crippen LogP contribution in [0.3, 0.4) is 0 Å². The Labute approximate surface area is 792 Å². The van der Waals surface area contributed by atoms with Gasteiger partial charge < -0.3 is 0 Å². The summed E-state index contributed by atoms with van der Waals surface area (Å²) in [6, 6.07) is 67.1. The van der Waals surface area contributed by atoms with E-state index in [0.29, 0.717) is 54.3 Å². The molecule has 0 radical (unpaired) electrons. The molecule has 0 amide bonds. The van der Waals surface area contributed by atoms with Crippen molar-refractivity contribution >= 4 is 157 Å². The number of fused-ring (bicyclic) bond motifs is 12. The van der Waals surface area contributed by atoms with Crippen LogP contribution in [-0.2, 0) is 36.5 Å². The molecule has 5 aromatic heterocycles. The molecule has 0 aliphatic heterocycles. The van der Waals surface area contributed by atoms with Crippen molar-refractivity contribution in [1.82, 2.24) is 0 Å². The molecule has 5 heterocycles. The zero-order valence-electron chi connectivity index (χ0n) is 70.7. The Morgan fingerprint density at radius 2 is 0.785 bits per heavy atom. The van der Waals surface area contributed by atoms with Gasteiger partial charge in [0.2, 0.25) is 0 Å². The van der Waals surface area contributed by atoms with Gasteiger partial charge >= 0.3 is 64.8 Å². The summed E-state index contributed by atoms with van der Waals surface area (Å²) >= 11 is 11.0. The van der Waals surface area contributed by atoms with E-state index >= 15 is 0 Å². The largest absolute Gasteiger partial charge is 0.528 e. The molecule has 121 heavy (non-hydrogen) atoms. The molecule has 12 aromatic rings. The second kappa shape index (κ2) is 41.8. The van der Waals surface area contributed by atoms with Crippen molar-refractivity contribution in [2.24, 2.45) is 0 Å². The number of hydrogen-bond donors (Lipinski definition) is 0. The van der Waals surface area contributed by atoms with E-state index in [2.05, 4.69) is 178 Å². The molecule has 0 spiro atoms. The Hall–Kier alpha value is -7.18. The molecule has 7 aromatic carbocycles. The molecule has 6 nitrogen and oxygen atoms in total. The summed E-state index contributed by atoms with van der Waals surface area (Å²) in [5.41, 5.74) is 19.4. The van der Waals surface area contributed by atoms with E-state index in [1.165, 1.54) is 209 Å². The number of unbranched alkanes of at least 4 members (excludes halogenated alkanes) is 12. The maximum absolute atomic E-state index is 14.7. The number of ketones is 2. The second-order valence-electron chi connectivity index (χ2n) is 30.9. The van der Waals surface area contributed by atoms with E-state index in [1.54, 1.807) is 48.7 Å². The van der Waals surface area contributed by atoms with Crippen LogP contribution in [-0.4, -0.2) is 12.8 Å². The van der Waals surface area contributed by atoms with Gasteiger partial charge in [-0.15, -0.1) is 56.7 Å². The Morgan fingerprint density at radius 1 is 0.479 bits per heavy atom. The molecule has 0 atom stereocenters. The van der Waals surface area contributed by atoms with Crippen LogP contribution < -0.4 is 0 Å². The second-order valence-corrected chi connectivity index (χ2v) is 52.4. The number of halogens is 5. The van der Waals surface area contributed by atoms with Crippen molar-refractivity contribution in [3.05, 3.63) is 342 Å². The van der Waals surface area contributed by atoms with Crippen LogP contribution in [0.4, 0.5) is 13.0 Å². The summed E-state index contributed by atoms with van der Waals surface area (Å²) in [5, 5.41) is 20.9. The van der Waals surface area contributed by atoms with Gasteiger partial charge in [-0.2, -0.15) is 20.2 Å². The zero-order valence-corrected chi connectivity index (χ0v) is 83.1. The van der Waals surface area contributed by atoms with Crippen molar-refractivity contribution in [2.45, 2.75) is 195 Å². The Balaban J connectivity index is 0.000000684. The van der Waals surface area contributed by atoms with E-state index in [1.807, 2.05) is 85.1 Å². The molecule has 0 saturated carbocycles. The van der Waals surface area contributed by atoms with Gasteiger partial charge in [0.1, 0.15) is 30.9 Å². The van der Waals surface area contributed by atoms with Gasteiger partial charge in [0.05, 0.1) is 25.8 Å². The number of allylic oxidation sites excluding steroid dienone is 5. The van der Waals surface area contributed by atoms with Crippen LogP contribution >= 0.6 is 104 Å². The van der Waals surface area contributed by atoms with E-state index in [9.17, 15) is 33.1 Å². The first-order chi connectivity index (χ1) is 58.4. The molecule has 0 saturated heterocycles. The predicted octanol–water partition coefficient (Wildman–Crippen LogP) is 33.1. The van der Waals surface area contributed by atoms with Crippen LogP contribution in [0, 0.1) is 108 Å². The number of benzene rings is 7. The maximum Gasteiger partial charge on any atom is 0.528 e. The van der Waals surface area contributed by atoms with Gasteiger partial charge in [0.25, 0.3) is 0 Å². The van der Waals surface area contributed by atoms with Crippen molar-refractivity contribution in [3.8, 4) is 33.0 Å². The number of rotatable bonds is 26. The number of carbonyl (C=O) groups excluding carboxylic acids is 2. The van der Waals surface area contributed by atoms with Crippen molar-refractivity contribution < 1.29 is 62.5 Å². The number of aryl methyl sites for hydroxylation is 6. The number of thiophene rings is 5.